The first-order chi connectivity index (χ1) is 8.74. The normalized spacial score (nSPS) is 11.0. The molecule has 0 aliphatic heterocycles. The summed E-state index contributed by atoms with van der Waals surface area (Å²) in [5, 5.41) is 12.0. The summed E-state index contributed by atoms with van der Waals surface area (Å²) in [6.45, 7) is 0.415. The van der Waals surface area contributed by atoms with Gasteiger partial charge in [-0.3, -0.25) is 9.07 Å². The first kappa shape index (κ1) is 12.5. The lowest BCUT2D eigenvalue weighted by molar-refractivity contribution is 0.441. The molecule has 0 atom stereocenters. The lowest BCUT2D eigenvalue weighted by atomic mass is 10.2. The molecule has 0 amide bonds. The highest BCUT2D eigenvalue weighted by molar-refractivity contribution is 5.66. The lowest BCUT2D eigenvalue weighted by Gasteiger charge is -2.06. The van der Waals surface area contributed by atoms with Gasteiger partial charge in [0.2, 0.25) is 0 Å². The number of nitrogens with two attached hydrogens (primary N) is 1. The van der Waals surface area contributed by atoms with E-state index in [2.05, 4.69) is 15.4 Å². The third-order valence-corrected chi connectivity index (χ3v) is 2.83. The Morgan fingerprint density at radius 3 is 2.83 bits per heavy atom. The Kier molecular flexibility index (Phi) is 3.91. The van der Waals surface area contributed by atoms with Crippen LogP contribution in [0.2, 0.25) is 0 Å². The maximum Gasteiger partial charge on any atom is 0.175 e. The number of nitrogen functional groups attached to an aromatic ring is 1. The van der Waals surface area contributed by atoms with Gasteiger partial charge in [0.05, 0.1) is 12.4 Å². The Morgan fingerprint density at radius 2 is 2.17 bits per heavy atom. The Hall–Kier alpha value is -1.92. The summed E-state index contributed by atoms with van der Waals surface area (Å²) in [5.74, 6) is 0.393. The first-order valence-electron chi connectivity index (χ1n) is 5.97. The van der Waals surface area contributed by atoms with Gasteiger partial charge in [0.1, 0.15) is 5.69 Å². The number of rotatable bonds is 6. The zero-order valence-electron chi connectivity index (χ0n) is 10.4. The molecule has 7 heteroatoms. The van der Waals surface area contributed by atoms with Gasteiger partial charge < -0.3 is 5.73 Å². The molecule has 0 fully saturated rings. The minimum atomic E-state index is -0.270. The monoisotopic (exact) mass is 252 g/mol. The zero-order chi connectivity index (χ0) is 13.0. The predicted octanol–water partition coefficient (Wildman–Crippen LogP) is 1.40. The second-order valence-electron chi connectivity index (χ2n) is 4.14. The van der Waals surface area contributed by atoms with Crippen LogP contribution in [0.5, 0.6) is 0 Å². The number of aromatic nitrogens is 5. The molecular formula is C11H17FN6. The Morgan fingerprint density at radius 1 is 1.33 bits per heavy atom. The summed E-state index contributed by atoms with van der Waals surface area (Å²) in [6.07, 6.45) is 3.99. The van der Waals surface area contributed by atoms with Gasteiger partial charge in [-0.15, -0.1) is 5.10 Å². The number of hydrogen-bond acceptors (Lipinski definition) is 4. The van der Waals surface area contributed by atoms with Gasteiger partial charge in [0, 0.05) is 19.8 Å². The van der Waals surface area contributed by atoms with E-state index in [1.165, 1.54) is 0 Å². The molecule has 0 radical (unpaired) electrons. The standard InChI is InChI=1S/C11H17FN6/c1-17-9(5-7-14-17)10-11(13)15-16-18(10)8-4-2-3-6-12/h5,7H,2-4,6,8,13H2,1H3. The summed E-state index contributed by atoms with van der Waals surface area (Å²) >= 11 is 0. The average Bonchev–Trinajstić information content (AvgIpc) is 2.91. The number of halogens is 1. The van der Waals surface area contributed by atoms with Crippen LogP contribution in [-0.2, 0) is 13.6 Å². The van der Waals surface area contributed by atoms with E-state index in [0.29, 0.717) is 18.8 Å². The maximum absolute atomic E-state index is 12.0. The van der Waals surface area contributed by atoms with E-state index in [4.69, 9.17) is 5.73 Å². The molecule has 98 valence electrons. The smallest absolute Gasteiger partial charge is 0.175 e. The van der Waals surface area contributed by atoms with E-state index in [0.717, 1.165) is 24.2 Å². The van der Waals surface area contributed by atoms with Gasteiger partial charge in [-0.05, 0) is 25.3 Å². The van der Waals surface area contributed by atoms with Crippen molar-refractivity contribution < 1.29 is 4.39 Å². The quantitative estimate of drug-likeness (QED) is 0.788. The summed E-state index contributed by atoms with van der Waals surface area (Å²) < 4.78 is 15.5. The van der Waals surface area contributed by atoms with Crippen molar-refractivity contribution in [2.75, 3.05) is 12.4 Å². The average molecular weight is 252 g/mol. The largest absolute Gasteiger partial charge is 0.380 e. The molecule has 0 unspecified atom stereocenters. The van der Waals surface area contributed by atoms with Gasteiger partial charge in [-0.1, -0.05) is 5.21 Å². The van der Waals surface area contributed by atoms with Crippen molar-refractivity contribution in [2.24, 2.45) is 7.05 Å². The van der Waals surface area contributed by atoms with E-state index < -0.39 is 0 Å². The lowest BCUT2D eigenvalue weighted by Crippen LogP contribution is -2.06. The van der Waals surface area contributed by atoms with Crippen molar-refractivity contribution >= 4 is 5.82 Å². The van der Waals surface area contributed by atoms with Crippen molar-refractivity contribution in [1.82, 2.24) is 24.8 Å². The van der Waals surface area contributed by atoms with Gasteiger partial charge in [-0.25, -0.2) is 4.68 Å². The van der Waals surface area contributed by atoms with Crippen molar-refractivity contribution in [2.45, 2.75) is 25.8 Å². The Bertz CT molecular complexity index is 503. The van der Waals surface area contributed by atoms with Crippen LogP contribution >= 0.6 is 0 Å². The van der Waals surface area contributed by atoms with Crippen LogP contribution in [0.25, 0.3) is 11.4 Å². The van der Waals surface area contributed by atoms with Gasteiger partial charge in [0.15, 0.2) is 5.82 Å². The van der Waals surface area contributed by atoms with Gasteiger partial charge >= 0.3 is 0 Å². The number of aryl methyl sites for hydroxylation is 2. The highest BCUT2D eigenvalue weighted by atomic mass is 19.1. The molecule has 6 nitrogen and oxygen atoms in total. The van der Waals surface area contributed by atoms with E-state index in [9.17, 15) is 4.39 Å². The van der Waals surface area contributed by atoms with Crippen LogP contribution in [-0.4, -0.2) is 31.4 Å². The SMILES string of the molecule is Cn1nccc1-c1c(N)nnn1CCCCCF. The summed E-state index contributed by atoms with van der Waals surface area (Å²) in [4.78, 5) is 0. The minimum absolute atomic E-state index is 0.270. The third kappa shape index (κ3) is 2.49. The highest BCUT2D eigenvalue weighted by Gasteiger charge is 2.15. The van der Waals surface area contributed by atoms with Crippen LogP contribution < -0.4 is 5.73 Å². The van der Waals surface area contributed by atoms with Crippen molar-refractivity contribution in [3.8, 4) is 11.4 Å². The number of hydrogen-bond donors (Lipinski definition) is 1. The predicted molar refractivity (Wildman–Crippen MR) is 66.5 cm³/mol. The number of nitrogens with zero attached hydrogens (tertiary/aromatic N) is 5. The molecule has 0 bridgehead atoms. The van der Waals surface area contributed by atoms with E-state index >= 15 is 0 Å². The molecule has 2 heterocycles. The molecule has 18 heavy (non-hydrogen) atoms. The second kappa shape index (κ2) is 5.61. The van der Waals surface area contributed by atoms with Crippen LogP contribution in [0.3, 0.4) is 0 Å². The van der Waals surface area contributed by atoms with Crippen LogP contribution in [0, 0.1) is 0 Å². The minimum Gasteiger partial charge on any atom is -0.380 e. The second-order valence-corrected chi connectivity index (χ2v) is 4.14. The fraction of sp³-hybridized carbons (Fsp3) is 0.545. The van der Waals surface area contributed by atoms with Gasteiger partial charge in [-0.2, -0.15) is 5.10 Å². The highest BCUT2D eigenvalue weighted by Crippen LogP contribution is 2.23. The third-order valence-electron chi connectivity index (χ3n) is 2.83. The van der Waals surface area contributed by atoms with Gasteiger partial charge in [0.25, 0.3) is 0 Å². The molecule has 0 aliphatic rings. The fourth-order valence-corrected chi connectivity index (χ4v) is 1.89. The molecule has 0 aromatic carbocycles. The van der Waals surface area contributed by atoms with Crippen molar-refractivity contribution in [3.63, 3.8) is 0 Å². The van der Waals surface area contributed by atoms with E-state index in [1.54, 1.807) is 15.6 Å². The summed E-state index contributed by atoms with van der Waals surface area (Å²) in [5.41, 5.74) is 7.49. The van der Waals surface area contributed by atoms with Crippen molar-refractivity contribution in [3.05, 3.63) is 12.3 Å². The fourth-order valence-electron chi connectivity index (χ4n) is 1.89. The Balaban J connectivity index is 2.15. The van der Waals surface area contributed by atoms with E-state index in [1.807, 2.05) is 13.1 Å². The number of unbranched alkanes of at least 4 members (excludes halogenated alkanes) is 2. The summed E-state index contributed by atoms with van der Waals surface area (Å²) in [7, 11) is 1.84. The maximum atomic E-state index is 12.0. The van der Waals surface area contributed by atoms with Crippen LogP contribution in [0.1, 0.15) is 19.3 Å². The molecule has 0 saturated heterocycles. The topological polar surface area (TPSA) is 74.6 Å². The molecule has 0 spiro atoms. The molecule has 0 saturated carbocycles. The molecular weight excluding hydrogens is 235 g/mol. The Labute approximate surface area is 105 Å². The number of anilines is 1. The van der Waals surface area contributed by atoms with E-state index in [-0.39, 0.29) is 6.67 Å². The summed E-state index contributed by atoms with van der Waals surface area (Å²) in [6, 6.07) is 1.87. The zero-order valence-corrected chi connectivity index (χ0v) is 10.4. The molecule has 2 aromatic rings. The van der Waals surface area contributed by atoms with Crippen LogP contribution in [0.4, 0.5) is 10.2 Å². The first-order valence-corrected chi connectivity index (χ1v) is 5.97. The molecule has 2 N–H and O–H groups in total. The molecule has 2 rings (SSSR count). The number of alkyl halides is 1. The van der Waals surface area contributed by atoms with Crippen molar-refractivity contribution in [1.29, 1.82) is 0 Å². The molecule has 0 aliphatic carbocycles. The van der Waals surface area contributed by atoms with Crippen LogP contribution in [0.15, 0.2) is 12.3 Å². The molecule has 2 aromatic heterocycles.